The Labute approximate surface area is 206 Å². The number of rotatable bonds is 6. The Morgan fingerprint density at radius 2 is 1.66 bits per heavy atom. The van der Waals surface area contributed by atoms with Crippen molar-refractivity contribution in [2.75, 3.05) is 13.2 Å². The lowest BCUT2D eigenvalue weighted by molar-refractivity contribution is -0.00957. The molecular weight excluding hydrogens is 449 g/mol. The van der Waals surface area contributed by atoms with Crippen molar-refractivity contribution >= 4 is 0 Å². The van der Waals surface area contributed by atoms with Gasteiger partial charge in [0.1, 0.15) is 18.2 Å². The van der Waals surface area contributed by atoms with Crippen LogP contribution < -0.4 is 4.74 Å². The van der Waals surface area contributed by atoms with E-state index in [9.17, 15) is 13.2 Å². The fourth-order valence-electron chi connectivity index (χ4n) is 5.55. The van der Waals surface area contributed by atoms with E-state index in [-0.39, 0.29) is 23.8 Å². The molecule has 0 saturated heterocycles. The van der Waals surface area contributed by atoms with Gasteiger partial charge in [-0.1, -0.05) is 24.0 Å². The van der Waals surface area contributed by atoms with E-state index >= 15 is 0 Å². The molecule has 0 heterocycles. The third-order valence-electron chi connectivity index (χ3n) is 7.34. The number of hydrogen-bond donors (Lipinski definition) is 0. The van der Waals surface area contributed by atoms with Crippen LogP contribution in [0.3, 0.4) is 0 Å². The maximum Gasteiger partial charge on any atom is 0.166 e. The monoisotopic (exact) mass is 482 g/mol. The van der Waals surface area contributed by atoms with Crippen LogP contribution in [-0.4, -0.2) is 19.3 Å². The summed E-state index contributed by atoms with van der Waals surface area (Å²) in [6.45, 7) is 4.90. The van der Waals surface area contributed by atoms with Gasteiger partial charge in [-0.25, -0.2) is 13.2 Å². The molecule has 0 spiro atoms. The largest absolute Gasteiger partial charge is 0.486 e. The van der Waals surface area contributed by atoms with Gasteiger partial charge in [0.05, 0.1) is 11.7 Å². The molecule has 0 aliphatic heterocycles. The molecule has 2 aliphatic carbocycles. The minimum atomic E-state index is -0.665. The predicted octanol–water partition coefficient (Wildman–Crippen LogP) is 7.55. The van der Waals surface area contributed by atoms with E-state index in [1.165, 1.54) is 24.3 Å². The first-order chi connectivity index (χ1) is 17.0. The molecule has 4 unspecified atom stereocenters. The highest BCUT2D eigenvalue weighted by Gasteiger charge is 2.36. The van der Waals surface area contributed by atoms with E-state index < -0.39 is 17.5 Å². The smallest absolute Gasteiger partial charge is 0.166 e. The maximum atomic E-state index is 14.9. The highest BCUT2D eigenvalue weighted by atomic mass is 19.1. The first-order valence-corrected chi connectivity index (χ1v) is 12.6. The molecule has 0 bridgehead atoms. The fraction of sp³-hybridized carbons (Fsp3) is 0.467. The van der Waals surface area contributed by atoms with E-state index in [2.05, 4.69) is 11.8 Å². The quantitative estimate of drug-likeness (QED) is 0.313. The average Bonchev–Trinajstić information content (AvgIpc) is 2.84. The second-order valence-electron chi connectivity index (χ2n) is 9.56. The van der Waals surface area contributed by atoms with Crippen LogP contribution in [0, 0.1) is 41.1 Å². The Bertz CT molecular complexity index is 1090. The Morgan fingerprint density at radius 1 is 0.914 bits per heavy atom. The van der Waals surface area contributed by atoms with Gasteiger partial charge < -0.3 is 9.47 Å². The molecule has 35 heavy (non-hydrogen) atoms. The molecule has 2 nitrogen and oxygen atoms in total. The Morgan fingerprint density at radius 3 is 2.37 bits per heavy atom. The first-order valence-electron chi connectivity index (χ1n) is 12.6. The minimum absolute atomic E-state index is 0.108. The van der Waals surface area contributed by atoms with Crippen LogP contribution in [0.1, 0.15) is 75.0 Å². The van der Waals surface area contributed by atoms with Crippen molar-refractivity contribution in [3.05, 3.63) is 76.6 Å². The average molecular weight is 483 g/mol. The van der Waals surface area contributed by atoms with Crippen molar-refractivity contribution in [2.45, 2.75) is 64.4 Å². The van der Waals surface area contributed by atoms with Gasteiger partial charge >= 0.3 is 0 Å². The normalized spacial score (nSPS) is 24.0. The molecule has 0 N–H and O–H groups in total. The van der Waals surface area contributed by atoms with E-state index in [4.69, 9.17) is 9.47 Å². The van der Waals surface area contributed by atoms with E-state index in [1.54, 1.807) is 12.1 Å². The topological polar surface area (TPSA) is 18.5 Å². The van der Waals surface area contributed by atoms with Crippen molar-refractivity contribution in [1.29, 1.82) is 0 Å². The molecule has 5 heteroatoms. The van der Waals surface area contributed by atoms with Gasteiger partial charge in [0.25, 0.3) is 0 Å². The van der Waals surface area contributed by atoms with Gasteiger partial charge in [0, 0.05) is 12.2 Å². The van der Waals surface area contributed by atoms with Crippen LogP contribution in [0.4, 0.5) is 13.2 Å². The lowest BCUT2D eigenvalue weighted by Gasteiger charge is -2.42. The molecule has 4 atom stereocenters. The van der Waals surface area contributed by atoms with Crippen LogP contribution >= 0.6 is 0 Å². The molecule has 2 fully saturated rings. The van der Waals surface area contributed by atoms with Crippen LogP contribution in [0.5, 0.6) is 5.75 Å². The molecule has 186 valence electrons. The second-order valence-corrected chi connectivity index (χ2v) is 9.56. The van der Waals surface area contributed by atoms with E-state index in [0.717, 1.165) is 45.1 Å². The van der Waals surface area contributed by atoms with Crippen LogP contribution in [0.2, 0.25) is 0 Å². The third kappa shape index (κ3) is 6.30. The Kier molecular flexibility index (Phi) is 8.57. The van der Waals surface area contributed by atoms with Gasteiger partial charge in [-0.15, -0.1) is 0 Å². The van der Waals surface area contributed by atoms with Gasteiger partial charge in [0.15, 0.2) is 11.6 Å². The molecule has 2 saturated carbocycles. The van der Waals surface area contributed by atoms with Crippen LogP contribution in [-0.2, 0) is 4.74 Å². The summed E-state index contributed by atoms with van der Waals surface area (Å²) < 4.78 is 55.2. The summed E-state index contributed by atoms with van der Waals surface area (Å²) in [7, 11) is 0. The molecule has 0 amide bonds. The number of benzene rings is 2. The molecule has 0 radical (unpaired) electrons. The number of halogens is 3. The minimum Gasteiger partial charge on any atom is -0.486 e. The number of allylic oxidation sites excluding steroid dienone is 1. The first kappa shape index (κ1) is 25.4. The highest BCUT2D eigenvalue weighted by Crippen LogP contribution is 2.47. The zero-order valence-electron chi connectivity index (χ0n) is 20.5. The number of hydrogen-bond acceptors (Lipinski definition) is 2. The molecule has 2 aromatic carbocycles. The molecule has 2 aromatic rings. The molecular formula is C30H33F3O2. The van der Waals surface area contributed by atoms with Gasteiger partial charge in [0.2, 0.25) is 0 Å². The van der Waals surface area contributed by atoms with Crippen molar-refractivity contribution in [1.82, 2.24) is 0 Å². The summed E-state index contributed by atoms with van der Waals surface area (Å²) in [5, 5.41) is 0. The van der Waals surface area contributed by atoms with E-state index in [1.807, 2.05) is 19.9 Å². The second kappa shape index (κ2) is 11.8. The lowest BCUT2D eigenvalue weighted by atomic mass is 9.65. The Balaban J connectivity index is 1.44. The van der Waals surface area contributed by atoms with Gasteiger partial charge in [-0.3, -0.25) is 0 Å². The summed E-state index contributed by atoms with van der Waals surface area (Å²) in [5.74, 6) is 4.85. The SMILES string of the molecule is C/C=C/COc1ccc(C#Cc2c(F)cc(C3CCC4CC(OCC)CCC4C3)cc2F)cc1F. The molecule has 4 rings (SSSR count). The zero-order valence-corrected chi connectivity index (χ0v) is 20.5. The third-order valence-corrected chi connectivity index (χ3v) is 7.34. The number of fused-ring (bicyclic) bond motifs is 1. The summed E-state index contributed by atoms with van der Waals surface area (Å²) in [6, 6.07) is 7.12. The predicted molar refractivity (Wildman–Crippen MR) is 132 cm³/mol. The van der Waals surface area contributed by atoms with Crippen LogP contribution in [0.25, 0.3) is 0 Å². The summed E-state index contributed by atoms with van der Waals surface area (Å²) in [5.41, 5.74) is 0.753. The molecule has 0 aromatic heterocycles. The molecule has 2 aliphatic rings. The van der Waals surface area contributed by atoms with Crippen molar-refractivity contribution in [3.63, 3.8) is 0 Å². The zero-order chi connectivity index (χ0) is 24.8. The van der Waals surface area contributed by atoms with Crippen molar-refractivity contribution in [3.8, 4) is 17.6 Å². The fourth-order valence-corrected chi connectivity index (χ4v) is 5.55. The number of ether oxygens (including phenoxy) is 2. The Hall–Kier alpha value is -2.71. The summed E-state index contributed by atoms with van der Waals surface area (Å²) >= 11 is 0. The maximum absolute atomic E-state index is 14.9. The summed E-state index contributed by atoms with van der Waals surface area (Å²) in [6.07, 6.45) is 10.2. The van der Waals surface area contributed by atoms with E-state index in [0.29, 0.717) is 29.1 Å². The van der Waals surface area contributed by atoms with Crippen molar-refractivity contribution in [2.24, 2.45) is 11.8 Å². The van der Waals surface area contributed by atoms with Crippen molar-refractivity contribution < 1.29 is 22.6 Å². The lowest BCUT2D eigenvalue weighted by Crippen LogP contribution is -2.33. The highest BCUT2D eigenvalue weighted by molar-refractivity contribution is 5.47. The van der Waals surface area contributed by atoms with Gasteiger partial charge in [-0.2, -0.15) is 0 Å². The summed E-state index contributed by atoms with van der Waals surface area (Å²) in [4.78, 5) is 0. The standard InChI is InChI=1S/C30H33F3O2/c1-3-5-14-35-30-13-7-20(15-29(30)33)6-12-26-27(31)18-24(19-28(26)32)22-8-9-23-17-25(34-4-2)11-10-21(23)16-22/h3,5,7,13,15,18-19,21-23,25H,4,8-11,14,16-17H2,1-2H3/b5-3+. The van der Waals surface area contributed by atoms with Crippen LogP contribution in [0.15, 0.2) is 42.5 Å². The van der Waals surface area contributed by atoms with Gasteiger partial charge in [-0.05, 0) is 106 Å².